The Morgan fingerprint density at radius 1 is 1.19 bits per heavy atom. The fraction of sp³-hybridized carbons (Fsp3) is 0.875. The van der Waals surface area contributed by atoms with Crippen LogP contribution in [0.5, 0.6) is 0 Å². The molecule has 0 spiro atoms. The van der Waals surface area contributed by atoms with Crippen molar-refractivity contribution in [1.29, 1.82) is 5.26 Å². The normalized spacial score (nSPS) is 18.1. The summed E-state index contributed by atoms with van der Waals surface area (Å²) in [6.45, 7) is 9.58. The summed E-state index contributed by atoms with van der Waals surface area (Å²) in [5, 5.41) is 9.08. The lowest BCUT2D eigenvalue weighted by molar-refractivity contribution is -0.143. The van der Waals surface area contributed by atoms with Gasteiger partial charge < -0.3 is 9.64 Å². The van der Waals surface area contributed by atoms with Gasteiger partial charge in [-0.15, -0.1) is 0 Å². The number of nitrogens with zero attached hydrogens (tertiary/aromatic N) is 3. The molecule has 0 aliphatic carbocycles. The number of ether oxygens (including phenoxy) is 1. The van der Waals surface area contributed by atoms with E-state index >= 15 is 0 Å². The Balaban J connectivity index is 2.06. The zero-order valence-corrected chi connectivity index (χ0v) is 13.5. The number of rotatable bonds is 9. The van der Waals surface area contributed by atoms with E-state index in [0.717, 1.165) is 58.4 Å². The first kappa shape index (κ1) is 17.9. The highest BCUT2D eigenvalue weighted by Crippen LogP contribution is 2.10. The van der Waals surface area contributed by atoms with Crippen LogP contribution >= 0.6 is 0 Å². The maximum absolute atomic E-state index is 11.2. The van der Waals surface area contributed by atoms with Gasteiger partial charge >= 0.3 is 5.97 Å². The quantitative estimate of drug-likeness (QED) is 0.481. The van der Waals surface area contributed by atoms with Crippen LogP contribution in [0.4, 0.5) is 0 Å². The molecule has 21 heavy (non-hydrogen) atoms. The zero-order chi connectivity index (χ0) is 15.5. The molecule has 1 saturated heterocycles. The van der Waals surface area contributed by atoms with Crippen molar-refractivity contribution in [3.05, 3.63) is 0 Å². The van der Waals surface area contributed by atoms with E-state index in [1.807, 2.05) is 6.92 Å². The van der Waals surface area contributed by atoms with Gasteiger partial charge in [0.05, 0.1) is 18.7 Å². The topological polar surface area (TPSA) is 56.6 Å². The van der Waals surface area contributed by atoms with E-state index in [0.29, 0.717) is 13.0 Å². The minimum absolute atomic E-state index is 0.0757. The molecule has 0 N–H and O–H groups in total. The molecular formula is C16H29N3O2. The maximum atomic E-state index is 11.2. The van der Waals surface area contributed by atoms with Gasteiger partial charge in [0.25, 0.3) is 0 Å². The van der Waals surface area contributed by atoms with Crippen LogP contribution in [0, 0.1) is 11.3 Å². The zero-order valence-electron chi connectivity index (χ0n) is 13.5. The van der Waals surface area contributed by atoms with E-state index in [9.17, 15) is 4.79 Å². The molecule has 1 heterocycles. The second-order valence-electron chi connectivity index (χ2n) is 5.55. The average molecular weight is 295 g/mol. The van der Waals surface area contributed by atoms with Crippen molar-refractivity contribution in [2.24, 2.45) is 0 Å². The average Bonchev–Trinajstić information content (AvgIpc) is 2.50. The molecule has 5 heteroatoms. The molecule has 1 fully saturated rings. The van der Waals surface area contributed by atoms with Crippen molar-refractivity contribution >= 4 is 5.97 Å². The first-order chi connectivity index (χ1) is 10.2. The summed E-state index contributed by atoms with van der Waals surface area (Å²) in [7, 11) is 0. The summed E-state index contributed by atoms with van der Waals surface area (Å²) in [6.07, 6.45) is 4.58. The standard InChI is InChI=1S/C16H29N3O2/c1-3-15(14-17)19-12-10-18(11-13-19)9-7-5-6-8-16(20)21-4-2/h15H,3-13H2,1-2H3. The molecule has 0 amide bonds. The Bertz CT molecular complexity index is 333. The van der Waals surface area contributed by atoms with Crippen molar-refractivity contribution in [2.75, 3.05) is 39.3 Å². The Morgan fingerprint density at radius 2 is 1.90 bits per heavy atom. The third kappa shape index (κ3) is 6.92. The summed E-state index contributed by atoms with van der Waals surface area (Å²) < 4.78 is 4.91. The van der Waals surface area contributed by atoms with Gasteiger partial charge in [0.1, 0.15) is 0 Å². The summed E-state index contributed by atoms with van der Waals surface area (Å²) >= 11 is 0. The van der Waals surface area contributed by atoms with Crippen molar-refractivity contribution in [2.45, 2.75) is 52.0 Å². The van der Waals surface area contributed by atoms with Crippen LogP contribution in [0.3, 0.4) is 0 Å². The molecule has 1 unspecified atom stereocenters. The molecule has 1 aliphatic heterocycles. The number of carbonyl (C=O) groups is 1. The smallest absolute Gasteiger partial charge is 0.305 e. The van der Waals surface area contributed by atoms with Crippen molar-refractivity contribution < 1.29 is 9.53 Å². The molecule has 5 nitrogen and oxygen atoms in total. The van der Waals surface area contributed by atoms with Crippen molar-refractivity contribution in [3.8, 4) is 6.07 Å². The SMILES string of the molecule is CCOC(=O)CCCCCN1CCN(C(C#N)CC)CC1. The lowest BCUT2D eigenvalue weighted by atomic mass is 10.1. The molecule has 0 aromatic heterocycles. The number of hydrogen-bond acceptors (Lipinski definition) is 5. The minimum atomic E-state index is -0.0757. The molecule has 0 aromatic rings. The summed E-state index contributed by atoms with van der Waals surface area (Å²) in [5.41, 5.74) is 0. The number of esters is 1. The van der Waals surface area contributed by atoms with Gasteiger partial charge in [-0.3, -0.25) is 9.69 Å². The Kier molecular flexibility index (Phi) is 9.04. The van der Waals surface area contributed by atoms with E-state index in [1.54, 1.807) is 0 Å². The minimum Gasteiger partial charge on any atom is -0.466 e. The summed E-state index contributed by atoms with van der Waals surface area (Å²) in [4.78, 5) is 16.0. The Morgan fingerprint density at radius 3 is 2.48 bits per heavy atom. The van der Waals surface area contributed by atoms with Crippen LogP contribution in [-0.2, 0) is 9.53 Å². The van der Waals surface area contributed by atoms with Gasteiger partial charge in [0.2, 0.25) is 0 Å². The number of hydrogen-bond donors (Lipinski definition) is 0. The van der Waals surface area contributed by atoms with Crippen LogP contribution in [0.1, 0.15) is 46.0 Å². The van der Waals surface area contributed by atoms with E-state index < -0.39 is 0 Å². The van der Waals surface area contributed by atoms with Gasteiger partial charge in [0, 0.05) is 32.6 Å². The Hall–Kier alpha value is -1.12. The van der Waals surface area contributed by atoms with Crippen molar-refractivity contribution in [1.82, 2.24) is 9.80 Å². The first-order valence-electron chi connectivity index (χ1n) is 8.22. The van der Waals surface area contributed by atoms with E-state index in [-0.39, 0.29) is 12.0 Å². The number of unbranched alkanes of at least 4 members (excludes halogenated alkanes) is 2. The lowest BCUT2D eigenvalue weighted by Crippen LogP contribution is -2.49. The number of nitriles is 1. The third-order valence-electron chi connectivity index (χ3n) is 4.04. The van der Waals surface area contributed by atoms with E-state index in [4.69, 9.17) is 10.00 Å². The molecule has 1 aliphatic rings. The number of carbonyl (C=O) groups excluding carboxylic acids is 1. The number of piperazine rings is 1. The van der Waals surface area contributed by atoms with Gasteiger partial charge in [-0.1, -0.05) is 13.3 Å². The van der Waals surface area contributed by atoms with Crippen molar-refractivity contribution in [3.63, 3.8) is 0 Å². The Labute approximate surface area is 128 Å². The molecule has 0 aromatic carbocycles. The monoisotopic (exact) mass is 295 g/mol. The molecule has 0 radical (unpaired) electrons. The predicted octanol–water partition coefficient (Wildman–Crippen LogP) is 2.03. The van der Waals surface area contributed by atoms with Crippen LogP contribution in [0.25, 0.3) is 0 Å². The molecule has 0 bridgehead atoms. The highest BCUT2D eigenvalue weighted by atomic mass is 16.5. The van der Waals surface area contributed by atoms with Crippen LogP contribution in [0.15, 0.2) is 0 Å². The third-order valence-corrected chi connectivity index (χ3v) is 4.04. The van der Waals surface area contributed by atoms with Crippen LogP contribution in [0.2, 0.25) is 0 Å². The highest BCUT2D eigenvalue weighted by Gasteiger charge is 2.21. The fourth-order valence-corrected chi connectivity index (χ4v) is 2.74. The molecule has 1 rings (SSSR count). The second-order valence-corrected chi connectivity index (χ2v) is 5.55. The highest BCUT2D eigenvalue weighted by molar-refractivity contribution is 5.69. The molecule has 1 atom stereocenters. The van der Waals surface area contributed by atoms with Crippen LogP contribution in [-0.4, -0.2) is 61.1 Å². The second kappa shape index (κ2) is 10.6. The van der Waals surface area contributed by atoms with E-state index in [1.165, 1.54) is 0 Å². The first-order valence-corrected chi connectivity index (χ1v) is 8.22. The van der Waals surface area contributed by atoms with E-state index in [2.05, 4.69) is 22.8 Å². The fourth-order valence-electron chi connectivity index (χ4n) is 2.74. The largest absolute Gasteiger partial charge is 0.466 e. The summed E-state index contributed by atoms with van der Waals surface area (Å²) in [6, 6.07) is 2.46. The summed E-state index contributed by atoms with van der Waals surface area (Å²) in [5.74, 6) is -0.0757. The lowest BCUT2D eigenvalue weighted by Gasteiger charge is -2.36. The van der Waals surface area contributed by atoms with Crippen LogP contribution < -0.4 is 0 Å². The van der Waals surface area contributed by atoms with Gasteiger partial charge in [0.15, 0.2) is 0 Å². The predicted molar refractivity (Wildman–Crippen MR) is 82.8 cm³/mol. The molecule has 120 valence electrons. The maximum Gasteiger partial charge on any atom is 0.305 e. The molecular weight excluding hydrogens is 266 g/mol. The van der Waals surface area contributed by atoms with Gasteiger partial charge in [-0.2, -0.15) is 5.26 Å². The van der Waals surface area contributed by atoms with Gasteiger partial charge in [-0.05, 0) is 32.7 Å². The molecule has 0 saturated carbocycles. The van der Waals surface area contributed by atoms with Gasteiger partial charge in [-0.25, -0.2) is 0 Å².